The van der Waals surface area contributed by atoms with Crippen LogP contribution in [0.15, 0.2) is 0 Å². The Morgan fingerprint density at radius 2 is 1.27 bits per heavy atom. The van der Waals surface area contributed by atoms with E-state index >= 15 is 0 Å². The Labute approximate surface area is 173 Å². The predicted octanol–water partition coefficient (Wildman–Crippen LogP) is -3.25. The Balaban J connectivity index is 5.47. The van der Waals surface area contributed by atoms with Crippen molar-refractivity contribution in [3.05, 3.63) is 0 Å². The van der Waals surface area contributed by atoms with Crippen LogP contribution in [0.4, 0.5) is 0 Å². The average molecular weight is 434 g/mol. The smallest absolute Gasteiger partial charge is 0.326 e. The van der Waals surface area contributed by atoms with Crippen LogP contribution in [-0.2, 0) is 24.0 Å². The minimum Gasteiger partial charge on any atom is -0.481 e. The summed E-state index contributed by atoms with van der Waals surface area (Å²) in [7, 11) is 0. The SMILES string of the molecule is CC(C)C(NC(=O)C(CC(=O)O)NC(=O)C(NC(=O)C(N)C(C)O)C(C)O)C(=O)O. The van der Waals surface area contributed by atoms with Crippen molar-refractivity contribution in [2.75, 3.05) is 0 Å². The van der Waals surface area contributed by atoms with Gasteiger partial charge in [-0.1, -0.05) is 13.8 Å². The standard InChI is InChI=1S/C17H30N4O9/c1-6(2)12(17(29)30)20-14(26)9(5-10(24)25)19-16(28)13(8(4)23)21-15(27)11(18)7(3)22/h6-9,11-13,22-23H,5,18H2,1-4H3,(H,19,28)(H,20,26)(H,21,27)(H,24,25)(H,29,30). The van der Waals surface area contributed by atoms with Gasteiger partial charge in [-0.25, -0.2) is 4.79 Å². The van der Waals surface area contributed by atoms with Crippen LogP contribution in [0.25, 0.3) is 0 Å². The monoisotopic (exact) mass is 434 g/mol. The van der Waals surface area contributed by atoms with Crippen molar-refractivity contribution in [1.82, 2.24) is 16.0 Å². The average Bonchev–Trinajstić information content (AvgIpc) is 2.60. The number of hydrogen-bond donors (Lipinski definition) is 8. The van der Waals surface area contributed by atoms with Gasteiger partial charge >= 0.3 is 11.9 Å². The highest BCUT2D eigenvalue weighted by molar-refractivity contribution is 5.95. The number of carboxylic acids is 2. The van der Waals surface area contributed by atoms with E-state index in [0.29, 0.717) is 0 Å². The predicted molar refractivity (Wildman–Crippen MR) is 102 cm³/mol. The zero-order valence-corrected chi connectivity index (χ0v) is 17.2. The van der Waals surface area contributed by atoms with Crippen LogP contribution in [0.5, 0.6) is 0 Å². The third-order valence-corrected chi connectivity index (χ3v) is 4.13. The number of aliphatic carboxylic acids is 2. The summed E-state index contributed by atoms with van der Waals surface area (Å²) in [4.78, 5) is 59.2. The molecule has 0 heterocycles. The van der Waals surface area contributed by atoms with E-state index in [1.54, 1.807) is 0 Å². The van der Waals surface area contributed by atoms with E-state index in [-0.39, 0.29) is 0 Å². The number of carboxylic acid groups (broad SMARTS) is 2. The fourth-order valence-corrected chi connectivity index (χ4v) is 2.29. The number of amides is 3. The molecule has 9 N–H and O–H groups in total. The largest absolute Gasteiger partial charge is 0.481 e. The molecule has 13 nitrogen and oxygen atoms in total. The van der Waals surface area contributed by atoms with E-state index in [1.807, 2.05) is 0 Å². The lowest BCUT2D eigenvalue weighted by atomic mass is 10.0. The van der Waals surface area contributed by atoms with Gasteiger partial charge in [0.05, 0.1) is 18.6 Å². The van der Waals surface area contributed by atoms with E-state index in [1.165, 1.54) is 20.8 Å². The minimum absolute atomic E-state index is 0.529. The Morgan fingerprint density at radius 1 is 0.767 bits per heavy atom. The number of carbonyl (C=O) groups is 5. The third kappa shape index (κ3) is 8.71. The Morgan fingerprint density at radius 3 is 1.63 bits per heavy atom. The molecule has 30 heavy (non-hydrogen) atoms. The highest BCUT2D eigenvalue weighted by Gasteiger charge is 2.34. The van der Waals surface area contributed by atoms with Gasteiger partial charge in [0.15, 0.2) is 0 Å². The molecule has 0 spiro atoms. The Hall–Kier alpha value is -2.77. The van der Waals surface area contributed by atoms with Gasteiger partial charge in [-0.15, -0.1) is 0 Å². The van der Waals surface area contributed by atoms with Gasteiger partial charge in [0.2, 0.25) is 17.7 Å². The van der Waals surface area contributed by atoms with Gasteiger partial charge in [0.1, 0.15) is 24.2 Å². The summed E-state index contributed by atoms with van der Waals surface area (Å²) < 4.78 is 0. The molecule has 6 unspecified atom stereocenters. The first-order valence-electron chi connectivity index (χ1n) is 9.16. The fourth-order valence-electron chi connectivity index (χ4n) is 2.29. The summed E-state index contributed by atoms with van der Waals surface area (Å²) in [5.41, 5.74) is 5.46. The van der Waals surface area contributed by atoms with Crippen molar-refractivity contribution in [1.29, 1.82) is 0 Å². The first-order chi connectivity index (χ1) is 13.7. The number of aliphatic hydroxyl groups is 2. The second-order valence-corrected chi connectivity index (χ2v) is 7.22. The summed E-state index contributed by atoms with van der Waals surface area (Å²) in [5.74, 6) is -6.46. The van der Waals surface area contributed by atoms with Gasteiger partial charge in [-0.2, -0.15) is 0 Å². The lowest BCUT2D eigenvalue weighted by Crippen LogP contribution is -2.61. The molecule has 0 bridgehead atoms. The van der Waals surface area contributed by atoms with Crippen molar-refractivity contribution < 1.29 is 44.4 Å². The molecule has 0 aliphatic carbocycles. The van der Waals surface area contributed by atoms with Crippen LogP contribution in [-0.4, -0.2) is 86.5 Å². The molecule has 0 aromatic carbocycles. The summed E-state index contributed by atoms with van der Waals surface area (Å²) in [5, 5.41) is 43.7. The Bertz CT molecular complexity index is 651. The lowest BCUT2D eigenvalue weighted by Gasteiger charge is -2.26. The number of nitrogens with two attached hydrogens (primary N) is 1. The molecule has 0 radical (unpaired) electrons. The zero-order valence-electron chi connectivity index (χ0n) is 17.2. The molecule has 0 saturated carbocycles. The van der Waals surface area contributed by atoms with Crippen molar-refractivity contribution in [2.24, 2.45) is 11.7 Å². The van der Waals surface area contributed by atoms with Crippen LogP contribution in [0.2, 0.25) is 0 Å². The lowest BCUT2D eigenvalue weighted by molar-refractivity contribution is -0.144. The van der Waals surface area contributed by atoms with Gasteiger partial charge in [0, 0.05) is 0 Å². The molecule has 0 aliphatic rings. The molecule has 0 fully saturated rings. The van der Waals surface area contributed by atoms with Crippen LogP contribution >= 0.6 is 0 Å². The highest BCUT2D eigenvalue weighted by Crippen LogP contribution is 2.05. The highest BCUT2D eigenvalue weighted by atomic mass is 16.4. The molecule has 3 amide bonds. The number of rotatable bonds is 12. The van der Waals surface area contributed by atoms with Crippen molar-refractivity contribution in [3.63, 3.8) is 0 Å². The van der Waals surface area contributed by atoms with Crippen molar-refractivity contribution in [3.8, 4) is 0 Å². The molecule has 0 aliphatic heterocycles. The Kier molecular flexibility index (Phi) is 10.9. The maximum atomic E-state index is 12.5. The number of hydrogen-bond acceptors (Lipinski definition) is 8. The first-order valence-corrected chi connectivity index (χ1v) is 9.16. The molecule has 6 atom stereocenters. The van der Waals surface area contributed by atoms with Crippen LogP contribution in [0, 0.1) is 5.92 Å². The molecule has 172 valence electrons. The van der Waals surface area contributed by atoms with Crippen LogP contribution < -0.4 is 21.7 Å². The van der Waals surface area contributed by atoms with Crippen LogP contribution in [0.1, 0.15) is 34.1 Å². The molecule has 0 aromatic rings. The van der Waals surface area contributed by atoms with Gasteiger partial charge in [-0.3, -0.25) is 19.2 Å². The molecule has 0 saturated heterocycles. The molecular weight excluding hydrogens is 404 g/mol. The van der Waals surface area contributed by atoms with Crippen LogP contribution in [0.3, 0.4) is 0 Å². The summed E-state index contributed by atoms with van der Waals surface area (Å²) in [6.07, 6.45) is -3.60. The summed E-state index contributed by atoms with van der Waals surface area (Å²) in [6.45, 7) is 5.44. The van der Waals surface area contributed by atoms with E-state index < -0.39 is 78.4 Å². The fraction of sp³-hybridized carbons (Fsp3) is 0.706. The minimum atomic E-state index is -1.68. The van der Waals surface area contributed by atoms with Gasteiger partial charge < -0.3 is 42.1 Å². The summed E-state index contributed by atoms with van der Waals surface area (Å²) >= 11 is 0. The molecule has 0 rings (SSSR count). The van der Waals surface area contributed by atoms with E-state index in [2.05, 4.69) is 16.0 Å². The normalized spacial score (nSPS) is 17.1. The third-order valence-electron chi connectivity index (χ3n) is 4.13. The number of aliphatic hydroxyl groups excluding tert-OH is 2. The molecule has 0 aromatic heterocycles. The second-order valence-electron chi connectivity index (χ2n) is 7.22. The zero-order chi connectivity index (χ0) is 23.8. The first kappa shape index (κ1) is 27.2. The maximum absolute atomic E-state index is 12.5. The molecular formula is C17H30N4O9. The van der Waals surface area contributed by atoms with Gasteiger partial charge in [0.25, 0.3) is 0 Å². The van der Waals surface area contributed by atoms with Gasteiger partial charge in [-0.05, 0) is 19.8 Å². The van der Waals surface area contributed by atoms with E-state index in [4.69, 9.17) is 15.9 Å². The topological polar surface area (TPSA) is 228 Å². The quantitative estimate of drug-likeness (QED) is 0.153. The number of nitrogens with one attached hydrogen (secondary N) is 3. The van der Waals surface area contributed by atoms with Crippen molar-refractivity contribution >= 4 is 29.7 Å². The summed E-state index contributed by atoms with van der Waals surface area (Å²) in [6, 6.07) is -6.03. The number of carbonyl (C=O) groups excluding carboxylic acids is 3. The maximum Gasteiger partial charge on any atom is 0.326 e. The van der Waals surface area contributed by atoms with E-state index in [0.717, 1.165) is 6.92 Å². The second kappa shape index (κ2) is 12.0. The van der Waals surface area contributed by atoms with E-state index in [9.17, 15) is 34.2 Å². The molecule has 13 heteroatoms. The van der Waals surface area contributed by atoms with Crippen molar-refractivity contribution in [2.45, 2.75) is 70.5 Å².